The molecular formula is C25H26N3O+. The summed E-state index contributed by atoms with van der Waals surface area (Å²) >= 11 is 0. The normalized spacial score (nSPS) is 17.3. The van der Waals surface area contributed by atoms with E-state index in [-0.39, 0.29) is 5.75 Å². The first-order valence-electron chi connectivity index (χ1n) is 10.3. The molecule has 4 nitrogen and oxygen atoms in total. The summed E-state index contributed by atoms with van der Waals surface area (Å²) in [5.74, 6) is 0.289. The van der Waals surface area contributed by atoms with E-state index < -0.39 is 0 Å². The molecule has 0 saturated carbocycles. The van der Waals surface area contributed by atoms with Crippen molar-refractivity contribution < 1.29 is 10.0 Å². The molecule has 146 valence electrons. The average Bonchev–Trinajstić information content (AvgIpc) is 3.09. The monoisotopic (exact) mass is 384 g/mol. The van der Waals surface area contributed by atoms with Crippen LogP contribution in [0.1, 0.15) is 29.7 Å². The van der Waals surface area contributed by atoms with Crippen molar-refractivity contribution in [2.24, 2.45) is 5.10 Å². The van der Waals surface area contributed by atoms with E-state index >= 15 is 0 Å². The van der Waals surface area contributed by atoms with Crippen molar-refractivity contribution in [3.63, 3.8) is 0 Å². The summed E-state index contributed by atoms with van der Waals surface area (Å²) in [6.45, 7) is 5.90. The molecule has 3 aromatic rings. The Kier molecular flexibility index (Phi) is 4.57. The zero-order chi connectivity index (χ0) is 19.8. The predicted molar refractivity (Wildman–Crippen MR) is 116 cm³/mol. The molecule has 5 rings (SSSR count). The highest BCUT2D eigenvalue weighted by atomic mass is 16.3. The van der Waals surface area contributed by atoms with Crippen LogP contribution in [-0.2, 0) is 0 Å². The third-order valence-electron chi connectivity index (χ3n) is 6.21. The number of phenols is 1. The molecule has 1 aliphatic carbocycles. The van der Waals surface area contributed by atoms with Crippen LogP contribution < -0.4 is 4.90 Å². The van der Waals surface area contributed by atoms with Gasteiger partial charge in [-0.15, -0.1) is 0 Å². The van der Waals surface area contributed by atoms with Crippen LogP contribution >= 0.6 is 0 Å². The van der Waals surface area contributed by atoms with E-state index in [1.807, 2.05) is 25.1 Å². The Morgan fingerprint density at radius 3 is 2.03 bits per heavy atom. The number of rotatable bonds is 3. The topological polar surface area (TPSA) is 40.3 Å². The number of quaternary nitrogens is 1. The van der Waals surface area contributed by atoms with Gasteiger partial charge in [-0.1, -0.05) is 60.7 Å². The minimum atomic E-state index is 0.289. The van der Waals surface area contributed by atoms with Crippen LogP contribution in [0.15, 0.2) is 77.9 Å². The fraction of sp³-hybridized carbons (Fsp3) is 0.240. The van der Waals surface area contributed by atoms with E-state index in [9.17, 15) is 5.11 Å². The fourth-order valence-corrected chi connectivity index (χ4v) is 4.81. The van der Waals surface area contributed by atoms with Crippen molar-refractivity contribution in [3.05, 3.63) is 89.5 Å². The van der Waals surface area contributed by atoms with Gasteiger partial charge in [-0.05, 0) is 30.2 Å². The SMILES string of the molecule is C/C(=N\N1CC[NH+](C2c3ccccc3-c3ccccc32)CC1)c1ccccc1O. The Morgan fingerprint density at radius 2 is 1.41 bits per heavy atom. The van der Waals surface area contributed by atoms with Crippen molar-refractivity contribution in [3.8, 4) is 16.9 Å². The zero-order valence-corrected chi connectivity index (χ0v) is 16.7. The minimum absolute atomic E-state index is 0.289. The predicted octanol–water partition coefficient (Wildman–Crippen LogP) is 3.09. The molecule has 0 amide bonds. The van der Waals surface area contributed by atoms with Crippen molar-refractivity contribution in [2.75, 3.05) is 26.2 Å². The molecule has 29 heavy (non-hydrogen) atoms. The van der Waals surface area contributed by atoms with Gasteiger partial charge < -0.3 is 10.0 Å². The number of hydrazone groups is 1. The summed E-state index contributed by atoms with van der Waals surface area (Å²) in [5, 5.41) is 17.0. The molecule has 0 spiro atoms. The summed E-state index contributed by atoms with van der Waals surface area (Å²) in [5.41, 5.74) is 7.34. The van der Waals surface area contributed by atoms with Gasteiger partial charge in [-0.25, -0.2) is 0 Å². The largest absolute Gasteiger partial charge is 0.507 e. The van der Waals surface area contributed by atoms with Crippen LogP contribution in [0.4, 0.5) is 0 Å². The number of phenolic OH excluding ortho intramolecular Hbond substituents is 1. The van der Waals surface area contributed by atoms with Crippen molar-refractivity contribution in [2.45, 2.75) is 13.0 Å². The zero-order valence-electron chi connectivity index (χ0n) is 16.7. The highest BCUT2D eigenvalue weighted by Gasteiger charge is 2.37. The van der Waals surface area contributed by atoms with Gasteiger partial charge in [0.2, 0.25) is 0 Å². The van der Waals surface area contributed by atoms with Gasteiger partial charge >= 0.3 is 0 Å². The van der Waals surface area contributed by atoms with Crippen LogP contribution in [-0.4, -0.2) is 42.0 Å². The number of piperazine rings is 1. The molecule has 1 fully saturated rings. The number of para-hydroxylation sites is 1. The van der Waals surface area contributed by atoms with Crippen LogP contribution in [0.2, 0.25) is 0 Å². The molecule has 0 atom stereocenters. The standard InChI is InChI=1S/C25H25N3O/c1-18(19-8-6-7-13-24(19)29)26-28-16-14-27(15-17-28)25-22-11-4-2-9-20(22)21-10-3-5-12-23(21)25/h2-13,25,29H,14-17H2,1H3/p+1/b26-18+. The van der Waals surface area contributed by atoms with Gasteiger partial charge in [0.15, 0.2) is 0 Å². The second kappa shape index (κ2) is 7.37. The molecule has 2 aliphatic rings. The summed E-state index contributed by atoms with van der Waals surface area (Å²) in [7, 11) is 0. The molecule has 1 aliphatic heterocycles. The molecule has 4 heteroatoms. The highest BCUT2D eigenvalue weighted by molar-refractivity contribution is 6.00. The second-order valence-corrected chi connectivity index (χ2v) is 7.92. The van der Waals surface area contributed by atoms with Crippen molar-refractivity contribution in [1.82, 2.24) is 5.01 Å². The fourth-order valence-electron chi connectivity index (χ4n) is 4.81. The lowest BCUT2D eigenvalue weighted by Gasteiger charge is -2.35. The number of benzene rings is 3. The summed E-state index contributed by atoms with van der Waals surface area (Å²) < 4.78 is 0. The van der Waals surface area contributed by atoms with Crippen LogP contribution in [0.5, 0.6) is 5.75 Å². The molecule has 0 bridgehead atoms. The lowest BCUT2D eigenvalue weighted by molar-refractivity contribution is -0.929. The van der Waals surface area contributed by atoms with Gasteiger partial charge in [0.1, 0.15) is 11.8 Å². The summed E-state index contributed by atoms with van der Waals surface area (Å²) in [4.78, 5) is 1.61. The maximum atomic E-state index is 10.1. The Labute approximate surface area is 171 Å². The van der Waals surface area contributed by atoms with Crippen molar-refractivity contribution >= 4 is 5.71 Å². The Balaban J connectivity index is 1.35. The average molecular weight is 385 g/mol. The van der Waals surface area contributed by atoms with Crippen molar-refractivity contribution in [1.29, 1.82) is 0 Å². The van der Waals surface area contributed by atoms with E-state index in [0.29, 0.717) is 6.04 Å². The van der Waals surface area contributed by atoms with Gasteiger partial charge in [-0.2, -0.15) is 5.10 Å². The summed E-state index contributed by atoms with van der Waals surface area (Å²) in [6, 6.07) is 25.5. The van der Waals surface area contributed by atoms with E-state index in [4.69, 9.17) is 5.10 Å². The maximum Gasteiger partial charge on any atom is 0.140 e. The van der Waals surface area contributed by atoms with Crippen LogP contribution in [0.25, 0.3) is 11.1 Å². The molecule has 1 heterocycles. The smallest absolute Gasteiger partial charge is 0.140 e. The molecule has 1 saturated heterocycles. The Hall–Kier alpha value is -3.11. The first-order chi connectivity index (χ1) is 14.2. The Bertz CT molecular complexity index is 1020. The van der Waals surface area contributed by atoms with E-state index in [1.54, 1.807) is 11.0 Å². The van der Waals surface area contributed by atoms with Gasteiger partial charge in [-0.3, -0.25) is 5.01 Å². The summed E-state index contributed by atoms with van der Waals surface area (Å²) in [6.07, 6.45) is 0. The molecule has 3 aromatic carbocycles. The van der Waals surface area contributed by atoms with Crippen LogP contribution in [0, 0.1) is 0 Å². The van der Waals surface area contributed by atoms with Gasteiger partial charge in [0.05, 0.1) is 31.9 Å². The van der Waals surface area contributed by atoms with E-state index in [0.717, 1.165) is 37.5 Å². The number of nitrogens with zero attached hydrogens (tertiary/aromatic N) is 2. The number of hydrogen-bond acceptors (Lipinski definition) is 3. The molecular weight excluding hydrogens is 358 g/mol. The second-order valence-electron chi connectivity index (χ2n) is 7.92. The lowest BCUT2D eigenvalue weighted by atomic mass is 10.0. The number of aromatic hydroxyl groups is 1. The highest BCUT2D eigenvalue weighted by Crippen LogP contribution is 2.41. The first kappa shape index (κ1) is 18.0. The number of nitrogens with one attached hydrogen (secondary N) is 1. The first-order valence-corrected chi connectivity index (χ1v) is 10.3. The van der Waals surface area contributed by atoms with E-state index in [1.165, 1.54) is 22.3 Å². The van der Waals surface area contributed by atoms with Gasteiger partial charge in [0, 0.05) is 16.7 Å². The van der Waals surface area contributed by atoms with E-state index in [2.05, 4.69) is 53.5 Å². The third-order valence-corrected chi connectivity index (χ3v) is 6.21. The molecule has 0 unspecified atom stereocenters. The quantitative estimate of drug-likeness (QED) is 0.682. The minimum Gasteiger partial charge on any atom is -0.507 e. The lowest BCUT2D eigenvalue weighted by Crippen LogP contribution is -3.14. The van der Waals surface area contributed by atoms with Gasteiger partial charge in [0.25, 0.3) is 0 Å². The number of hydrogen-bond donors (Lipinski definition) is 2. The molecule has 0 aromatic heterocycles. The Morgan fingerprint density at radius 1 is 0.862 bits per heavy atom. The molecule has 2 N–H and O–H groups in total. The number of fused-ring (bicyclic) bond motifs is 3. The third kappa shape index (κ3) is 3.19. The maximum absolute atomic E-state index is 10.1. The van der Waals surface area contributed by atoms with Crippen LogP contribution in [0.3, 0.4) is 0 Å². The molecule has 0 radical (unpaired) electrons.